The normalized spacial score (nSPS) is 10.5. The van der Waals surface area contributed by atoms with E-state index >= 15 is 0 Å². The van der Waals surface area contributed by atoms with Crippen molar-refractivity contribution in [3.05, 3.63) is 35.4 Å². The Balaban J connectivity index is 2.83. The second-order valence-electron chi connectivity index (χ2n) is 3.30. The number of halogens is 2. The van der Waals surface area contributed by atoms with E-state index in [1.165, 1.54) is 7.11 Å². The van der Waals surface area contributed by atoms with Gasteiger partial charge in [0.15, 0.2) is 0 Å². The number of methoxy groups -OCH3 is 1. The van der Waals surface area contributed by atoms with Crippen molar-refractivity contribution in [2.24, 2.45) is 0 Å². The van der Waals surface area contributed by atoms with Crippen molar-refractivity contribution in [1.29, 1.82) is 0 Å². The number of carboxylic acids is 1. The Bertz CT molecular complexity index is 613. The van der Waals surface area contributed by atoms with Gasteiger partial charge in [-0.25, -0.2) is 18.6 Å². The number of aromatic nitrogens is 1. The van der Waals surface area contributed by atoms with E-state index in [2.05, 4.69) is 4.98 Å². The van der Waals surface area contributed by atoms with Gasteiger partial charge in [0.25, 0.3) is 0 Å². The molecule has 1 aromatic heterocycles. The summed E-state index contributed by atoms with van der Waals surface area (Å²) in [5.74, 6) is -3.12. The molecular weight excluding hydrogens is 232 g/mol. The number of rotatable bonds is 2. The number of benzene rings is 1. The minimum atomic E-state index is -1.29. The second-order valence-corrected chi connectivity index (χ2v) is 3.30. The zero-order chi connectivity index (χ0) is 12.6. The summed E-state index contributed by atoms with van der Waals surface area (Å²) in [7, 11) is 1.23. The van der Waals surface area contributed by atoms with Crippen molar-refractivity contribution >= 4 is 16.9 Å². The van der Waals surface area contributed by atoms with E-state index in [1.54, 1.807) is 0 Å². The molecule has 0 saturated heterocycles. The van der Waals surface area contributed by atoms with Crippen LogP contribution >= 0.6 is 0 Å². The molecule has 0 bridgehead atoms. The number of carbonyl (C=O) groups is 1. The predicted molar refractivity (Wildman–Crippen MR) is 55.2 cm³/mol. The van der Waals surface area contributed by atoms with Crippen LogP contribution in [-0.4, -0.2) is 23.2 Å². The van der Waals surface area contributed by atoms with Crippen LogP contribution in [0.3, 0.4) is 0 Å². The molecule has 0 aliphatic rings. The van der Waals surface area contributed by atoms with Gasteiger partial charge in [0, 0.05) is 17.5 Å². The van der Waals surface area contributed by atoms with E-state index in [4.69, 9.17) is 9.84 Å². The highest BCUT2D eigenvalue weighted by Gasteiger charge is 2.16. The fraction of sp³-hybridized carbons (Fsp3) is 0.0909. The van der Waals surface area contributed by atoms with Gasteiger partial charge in [-0.05, 0) is 6.07 Å². The van der Waals surface area contributed by atoms with Gasteiger partial charge in [0.2, 0.25) is 5.88 Å². The van der Waals surface area contributed by atoms with Crippen LogP contribution in [0.25, 0.3) is 10.9 Å². The topological polar surface area (TPSA) is 59.4 Å². The fourth-order valence-corrected chi connectivity index (χ4v) is 1.49. The zero-order valence-corrected chi connectivity index (χ0v) is 8.70. The van der Waals surface area contributed by atoms with Crippen molar-refractivity contribution < 1.29 is 23.4 Å². The number of hydrogen-bond donors (Lipinski definition) is 1. The van der Waals surface area contributed by atoms with Gasteiger partial charge in [0.1, 0.15) is 17.2 Å². The van der Waals surface area contributed by atoms with Crippen LogP contribution in [0.15, 0.2) is 18.2 Å². The van der Waals surface area contributed by atoms with Crippen molar-refractivity contribution in [3.63, 3.8) is 0 Å². The summed E-state index contributed by atoms with van der Waals surface area (Å²) in [6.07, 6.45) is 0. The molecular formula is C11H7F2NO3. The number of carboxylic acid groups (broad SMARTS) is 1. The molecule has 6 heteroatoms. The average molecular weight is 239 g/mol. The van der Waals surface area contributed by atoms with Crippen LogP contribution in [0.2, 0.25) is 0 Å². The van der Waals surface area contributed by atoms with E-state index in [9.17, 15) is 13.6 Å². The molecule has 4 nitrogen and oxygen atoms in total. The van der Waals surface area contributed by atoms with Gasteiger partial charge in [-0.2, -0.15) is 0 Å². The molecule has 0 atom stereocenters. The Morgan fingerprint density at radius 1 is 1.35 bits per heavy atom. The Morgan fingerprint density at radius 2 is 2.06 bits per heavy atom. The molecule has 88 valence electrons. The molecule has 0 aliphatic carbocycles. The summed E-state index contributed by atoms with van der Waals surface area (Å²) in [4.78, 5) is 14.6. The third kappa shape index (κ3) is 1.89. The van der Waals surface area contributed by atoms with E-state index < -0.39 is 17.6 Å². The van der Waals surface area contributed by atoms with Gasteiger partial charge >= 0.3 is 5.97 Å². The predicted octanol–water partition coefficient (Wildman–Crippen LogP) is 2.22. The summed E-state index contributed by atoms with van der Waals surface area (Å²) in [6, 6.07) is 2.74. The van der Waals surface area contributed by atoms with Gasteiger partial charge in [-0.15, -0.1) is 0 Å². The maximum atomic E-state index is 13.4. The summed E-state index contributed by atoms with van der Waals surface area (Å²) in [5.41, 5.74) is -0.269. The summed E-state index contributed by atoms with van der Waals surface area (Å²) < 4.78 is 31.1. The molecule has 0 saturated carbocycles. The monoisotopic (exact) mass is 239 g/mol. The quantitative estimate of drug-likeness (QED) is 0.872. The van der Waals surface area contributed by atoms with Crippen LogP contribution < -0.4 is 4.74 Å². The number of pyridine rings is 1. The first-order valence-electron chi connectivity index (χ1n) is 4.60. The van der Waals surface area contributed by atoms with Crippen molar-refractivity contribution in [2.75, 3.05) is 7.11 Å². The molecule has 17 heavy (non-hydrogen) atoms. The second kappa shape index (κ2) is 3.97. The van der Waals surface area contributed by atoms with E-state index in [0.717, 1.165) is 12.1 Å². The van der Waals surface area contributed by atoms with Gasteiger partial charge in [0.05, 0.1) is 12.6 Å². The lowest BCUT2D eigenvalue weighted by Crippen LogP contribution is -2.03. The Kier molecular flexibility index (Phi) is 2.63. The lowest BCUT2D eigenvalue weighted by Gasteiger charge is -2.06. The third-order valence-electron chi connectivity index (χ3n) is 2.24. The molecule has 1 heterocycles. The smallest absolute Gasteiger partial charge is 0.341 e. The van der Waals surface area contributed by atoms with Crippen LogP contribution in [0.1, 0.15) is 10.4 Å². The Labute approximate surface area is 94.5 Å². The average Bonchev–Trinajstić information content (AvgIpc) is 2.26. The summed E-state index contributed by atoms with van der Waals surface area (Å²) in [5, 5.41) is 8.82. The Morgan fingerprint density at radius 3 is 2.65 bits per heavy atom. The highest BCUT2D eigenvalue weighted by Crippen LogP contribution is 2.25. The minimum Gasteiger partial charge on any atom is -0.480 e. The van der Waals surface area contributed by atoms with Crippen LogP contribution in [0, 0.1) is 11.6 Å². The molecule has 2 rings (SSSR count). The molecule has 0 fully saturated rings. The van der Waals surface area contributed by atoms with Crippen molar-refractivity contribution in [1.82, 2.24) is 4.98 Å². The molecule has 0 radical (unpaired) electrons. The molecule has 0 amide bonds. The number of aromatic carboxylic acids is 1. The standard InChI is InChI=1S/C11H7F2NO3/c1-17-10-7(11(15)16)4-6-8(13)2-5(12)3-9(6)14-10/h2-4H,1H3,(H,15,16). The van der Waals surface area contributed by atoms with Crippen molar-refractivity contribution in [3.8, 4) is 5.88 Å². The zero-order valence-electron chi connectivity index (χ0n) is 8.70. The first kappa shape index (κ1) is 11.3. The number of ether oxygens (including phenoxy) is 1. The maximum Gasteiger partial charge on any atom is 0.341 e. The minimum absolute atomic E-state index is 0.00403. The van der Waals surface area contributed by atoms with Crippen LogP contribution in [0.4, 0.5) is 8.78 Å². The lowest BCUT2D eigenvalue weighted by atomic mass is 10.1. The van der Waals surface area contributed by atoms with Crippen molar-refractivity contribution in [2.45, 2.75) is 0 Å². The highest BCUT2D eigenvalue weighted by molar-refractivity contribution is 5.95. The molecule has 2 aromatic rings. The Hall–Kier alpha value is -2.24. The van der Waals surface area contributed by atoms with E-state index in [-0.39, 0.29) is 22.3 Å². The summed E-state index contributed by atoms with van der Waals surface area (Å²) >= 11 is 0. The number of nitrogens with zero attached hydrogens (tertiary/aromatic N) is 1. The van der Waals surface area contributed by atoms with Gasteiger partial charge in [-0.3, -0.25) is 0 Å². The number of fused-ring (bicyclic) bond motifs is 1. The maximum absolute atomic E-state index is 13.4. The van der Waals surface area contributed by atoms with E-state index in [1.807, 2.05) is 0 Å². The molecule has 0 aliphatic heterocycles. The summed E-state index contributed by atoms with van der Waals surface area (Å²) in [6.45, 7) is 0. The first-order chi connectivity index (χ1) is 8.02. The molecule has 1 aromatic carbocycles. The fourth-order valence-electron chi connectivity index (χ4n) is 1.49. The largest absolute Gasteiger partial charge is 0.480 e. The highest BCUT2D eigenvalue weighted by atomic mass is 19.1. The van der Waals surface area contributed by atoms with Crippen LogP contribution in [0.5, 0.6) is 5.88 Å². The molecule has 0 unspecified atom stereocenters. The molecule has 0 spiro atoms. The van der Waals surface area contributed by atoms with Gasteiger partial charge in [-0.1, -0.05) is 0 Å². The van der Waals surface area contributed by atoms with Gasteiger partial charge < -0.3 is 9.84 Å². The lowest BCUT2D eigenvalue weighted by molar-refractivity contribution is 0.0692. The first-order valence-corrected chi connectivity index (χ1v) is 4.60. The number of hydrogen-bond acceptors (Lipinski definition) is 3. The SMILES string of the molecule is COc1nc2cc(F)cc(F)c2cc1C(=O)O. The van der Waals surface area contributed by atoms with E-state index in [0.29, 0.717) is 6.07 Å². The molecule has 1 N–H and O–H groups in total. The third-order valence-corrected chi connectivity index (χ3v) is 2.24. The van der Waals surface area contributed by atoms with Crippen LogP contribution in [-0.2, 0) is 0 Å².